The SMILES string of the molecule is CCCCOc1ccc(C2c3c(-c4cc(Cl)ccc4O)n[nH]c3C(=O)N2Cc2ccc(C)cc2)cc1. The van der Waals surface area contributed by atoms with Gasteiger partial charge in [-0.05, 0) is 54.8 Å². The Hall–Kier alpha value is -3.77. The molecule has 1 unspecified atom stereocenters. The van der Waals surface area contributed by atoms with Crippen molar-refractivity contribution in [3.8, 4) is 22.8 Å². The van der Waals surface area contributed by atoms with E-state index in [1.807, 2.05) is 60.4 Å². The molecular formula is C29H28ClN3O3. The van der Waals surface area contributed by atoms with Gasteiger partial charge < -0.3 is 14.7 Å². The smallest absolute Gasteiger partial charge is 0.273 e. The van der Waals surface area contributed by atoms with E-state index in [0.717, 1.165) is 40.8 Å². The number of unbranched alkanes of at least 4 members (excludes halogenated alkanes) is 1. The molecule has 36 heavy (non-hydrogen) atoms. The Labute approximate surface area is 215 Å². The van der Waals surface area contributed by atoms with E-state index in [1.165, 1.54) is 6.07 Å². The van der Waals surface area contributed by atoms with Gasteiger partial charge in [-0.1, -0.05) is 66.9 Å². The zero-order valence-electron chi connectivity index (χ0n) is 20.3. The molecule has 1 aliphatic heterocycles. The molecule has 0 aliphatic carbocycles. The van der Waals surface area contributed by atoms with Crippen LogP contribution in [-0.2, 0) is 6.54 Å². The van der Waals surface area contributed by atoms with Gasteiger partial charge in [0.1, 0.15) is 22.9 Å². The average molecular weight is 502 g/mol. The van der Waals surface area contributed by atoms with Crippen molar-refractivity contribution in [3.63, 3.8) is 0 Å². The molecule has 5 rings (SSSR count). The number of H-pyrrole nitrogens is 1. The van der Waals surface area contributed by atoms with E-state index in [4.69, 9.17) is 16.3 Å². The molecule has 1 amide bonds. The molecular weight excluding hydrogens is 474 g/mol. The first-order valence-electron chi connectivity index (χ1n) is 12.1. The first-order chi connectivity index (χ1) is 17.5. The van der Waals surface area contributed by atoms with Gasteiger partial charge in [0.15, 0.2) is 0 Å². The zero-order valence-corrected chi connectivity index (χ0v) is 21.0. The van der Waals surface area contributed by atoms with Crippen LogP contribution < -0.4 is 4.74 Å². The van der Waals surface area contributed by atoms with Crippen molar-refractivity contribution in [1.29, 1.82) is 0 Å². The summed E-state index contributed by atoms with van der Waals surface area (Å²) >= 11 is 6.24. The highest BCUT2D eigenvalue weighted by atomic mass is 35.5. The standard InChI is InChI=1S/C29H28ClN3O3/c1-3-4-15-36-22-12-9-20(10-13-22)28-25-26(23-16-21(30)11-14-24(23)34)31-32-27(25)29(35)33(28)17-19-7-5-18(2)6-8-19/h5-14,16,28,34H,3-4,15,17H2,1-2H3,(H,31,32). The van der Waals surface area contributed by atoms with Crippen LogP contribution in [0.15, 0.2) is 66.7 Å². The number of rotatable bonds is 8. The minimum Gasteiger partial charge on any atom is -0.507 e. The fraction of sp³-hybridized carbons (Fsp3) is 0.241. The number of aromatic amines is 1. The zero-order chi connectivity index (χ0) is 25.2. The molecule has 0 radical (unpaired) electrons. The van der Waals surface area contributed by atoms with Crippen molar-refractivity contribution in [2.75, 3.05) is 6.61 Å². The summed E-state index contributed by atoms with van der Waals surface area (Å²) in [7, 11) is 0. The molecule has 0 saturated heterocycles. The number of phenolic OH excluding ortho intramolecular Hbond substituents is 1. The summed E-state index contributed by atoms with van der Waals surface area (Å²) in [6.07, 6.45) is 2.06. The Morgan fingerprint density at radius 1 is 1.08 bits per heavy atom. The van der Waals surface area contributed by atoms with Crippen molar-refractivity contribution >= 4 is 17.5 Å². The van der Waals surface area contributed by atoms with Crippen LogP contribution in [0.1, 0.15) is 58.5 Å². The molecule has 1 atom stereocenters. The summed E-state index contributed by atoms with van der Waals surface area (Å²) in [5.41, 5.74) is 5.27. The Morgan fingerprint density at radius 3 is 2.56 bits per heavy atom. The Kier molecular flexibility index (Phi) is 6.70. The largest absolute Gasteiger partial charge is 0.507 e. The normalized spacial score (nSPS) is 14.8. The monoisotopic (exact) mass is 501 g/mol. The van der Waals surface area contributed by atoms with Gasteiger partial charge in [0.05, 0.1) is 12.6 Å². The molecule has 0 bridgehead atoms. The molecule has 184 valence electrons. The average Bonchev–Trinajstić information content (AvgIpc) is 3.42. The number of halogens is 1. The van der Waals surface area contributed by atoms with Crippen LogP contribution in [0.25, 0.3) is 11.3 Å². The van der Waals surface area contributed by atoms with Gasteiger partial charge in [-0.25, -0.2) is 0 Å². The molecule has 2 heterocycles. The predicted molar refractivity (Wildman–Crippen MR) is 140 cm³/mol. The lowest BCUT2D eigenvalue weighted by atomic mass is 9.95. The number of ether oxygens (including phenoxy) is 1. The number of amides is 1. The van der Waals surface area contributed by atoms with E-state index in [1.54, 1.807) is 12.1 Å². The molecule has 2 N–H and O–H groups in total. The first-order valence-corrected chi connectivity index (χ1v) is 12.5. The summed E-state index contributed by atoms with van der Waals surface area (Å²) in [6, 6.07) is 20.5. The summed E-state index contributed by atoms with van der Waals surface area (Å²) < 4.78 is 5.85. The molecule has 0 saturated carbocycles. The van der Waals surface area contributed by atoms with Crippen LogP contribution in [0.4, 0.5) is 0 Å². The van der Waals surface area contributed by atoms with E-state index in [2.05, 4.69) is 17.1 Å². The molecule has 4 aromatic rings. The summed E-state index contributed by atoms with van der Waals surface area (Å²) in [4.78, 5) is 15.5. The van der Waals surface area contributed by atoms with Crippen molar-refractivity contribution < 1.29 is 14.6 Å². The highest BCUT2D eigenvalue weighted by Gasteiger charge is 2.42. The lowest BCUT2D eigenvalue weighted by Crippen LogP contribution is -2.29. The number of aromatic nitrogens is 2. The van der Waals surface area contributed by atoms with Crippen molar-refractivity contribution in [2.24, 2.45) is 0 Å². The van der Waals surface area contributed by atoms with Crippen molar-refractivity contribution in [3.05, 3.63) is 99.7 Å². The number of aromatic hydroxyl groups is 1. The number of aryl methyl sites for hydroxylation is 1. The van der Waals surface area contributed by atoms with Gasteiger partial charge in [-0.3, -0.25) is 9.89 Å². The van der Waals surface area contributed by atoms with Gasteiger partial charge in [-0.2, -0.15) is 5.10 Å². The maximum atomic E-state index is 13.6. The third-order valence-corrected chi connectivity index (χ3v) is 6.75. The van der Waals surface area contributed by atoms with E-state index in [0.29, 0.717) is 35.1 Å². The van der Waals surface area contributed by atoms with Crippen LogP contribution >= 0.6 is 11.6 Å². The lowest BCUT2D eigenvalue weighted by molar-refractivity contribution is 0.0730. The number of nitrogens with zero attached hydrogens (tertiary/aromatic N) is 2. The van der Waals surface area contributed by atoms with Crippen LogP contribution in [0, 0.1) is 6.92 Å². The second kappa shape index (κ2) is 10.1. The number of benzene rings is 3. The Balaban J connectivity index is 1.58. The third-order valence-electron chi connectivity index (χ3n) is 6.51. The van der Waals surface area contributed by atoms with E-state index < -0.39 is 6.04 Å². The van der Waals surface area contributed by atoms with Gasteiger partial charge in [0.25, 0.3) is 5.91 Å². The van der Waals surface area contributed by atoms with Gasteiger partial charge in [0, 0.05) is 22.7 Å². The van der Waals surface area contributed by atoms with Crippen LogP contribution in [0.3, 0.4) is 0 Å². The molecule has 1 aromatic heterocycles. The summed E-state index contributed by atoms with van der Waals surface area (Å²) in [5.74, 6) is 0.706. The molecule has 0 spiro atoms. The van der Waals surface area contributed by atoms with E-state index >= 15 is 0 Å². The second-order valence-corrected chi connectivity index (χ2v) is 9.55. The van der Waals surface area contributed by atoms with Crippen molar-refractivity contribution in [1.82, 2.24) is 15.1 Å². The number of fused-ring (bicyclic) bond motifs is 1. The van der Waals surface area contributed by atoms with Crippen molar-refractivity contribution in [2.45, 2.75) is 39.3 Å². The third kappa shape index (κ3) is 4.56. The number of hydrogen-bond acceptors (Lipinski definition) is 4. The minimum atomic E-state index is -0.398. The topological polar surface area (TPSA) is 78.5 Å². The van der Waals surface area contributed by atoms with Gasteiger partial charge >= 0.3 is 0 Å². The Bertz CT molecular complexity index is 1380. The number of phenols is 1. The van der Waals surface area contributed by atoms with E-state index in [-0.39, 0.29) is 11.7 Å². The fourth-order valence-corrected chi connectivity index (χ4v) is 4.75. The molecule has 1 aliphatic rings. The minimum absolute atomic E-state index is 0.0524. The number of hydrogen-bond donors (Lipinski definition) is 2. The van der Waals surface area contributed by atoms with Gasteiger partial charge in [-0.15, -0.1) is 0 Å². The predicted octanol–water partition coefficient (Wildman–Crippen LogP) is 6.67. The highest BCUT2D eigenvalue weighted by Crippen LogP contribution is 2.45. The van der Waals surface area contributed by atoms with E-state index in [9.17, 15) is 9.90 Å². The molecule has 3 aromatic carbocycles. The first kappa shape index (κ1) is 23.9. The summed E-state index contributed by atoms with van der Waals surface area (Å²) in [5, 5.41) is 18.4. The van der Waals surface area contributed by atoms with Crippen LogP contribution in [0.2, 0.25) is 5.02 Å². The molecule has 0 fully saturated rings. The molecule has 7 heteroatoms. The maximum absolute atomic E-state index is 13.6. The highest BCUT2D eigenvalue weighted by molar-refractivity contribution is 6.31. The second-order valence-electron chi connectivity index (χ2n) is 9.11. The molecule has 6 nitrogen and oxygen atoms in total. The number of carbonyl (C=O) groups is 1. The van der Waals surface area contributed by atoms with Crippen LogP contribution in [0.5, 0.6) is 11.5 Å². The maximum Gasteiger partial charge on any atom is 0.273 e. The lowest BCUT2D eigenvalue weighted by Gasteiger charge is -2.27. The number of carbonyl (C=O) groups excluding carboxylic acids is 1. The fourth-order valence-electron chi connectivity index (χ4n) is 4.58. The summed E-state index contributed by atoms with van der Waals surface area (Å²) in [6.45, 7) is 5.27. The van der Waals surface area contributed by atoms with Gasteiger partial charge in [0.2, 0.25) is 0 Å². The number of nitrogens with one attached hydrogen (secondary N) is 1. The Morgan fingerprint density at radius 2 is 1.83 bits per heavy atom. The van der Waals surface area contributed by atoms with Crippen LogP contribution in [-0.4, -0.2) is 32.7 Å². The quantitative estimate of drug-likeness (QED) is 0.264.